The van der Waals surface area contributed by atoms with Crippen LogP contribution in [0.1, 0.15) is 22.8 Å². The van der Waals surface area contributed by atoms with Gasteiger partial charge in [-0.25, -0.2) is 9.18 Å². The summed E-state index contributed by atoms with van der Waals surface area (Å²) >= 11 is 0. The number of halogens is 1. The van der Waals surface area contributed by atoms with E-state index in [-0.39, 0.29) is 17.1 Å². The predicted molar refractivity (Wildman–Crippen MR) is 87.7 cm³/mol. The molecular weight excluding hydrogens is 313 g/mol. The van der Waals surface area contributed by atoms with Gasteiger partial charge in [-0.1, -0.05) is 12.1 Å². The van der Waals surface area contributed by atoms with Gasteiger partial charge in [-0.3, -0.25) is 4.79 Å². The fraction of sp³-hybridized carbons (Fsp3) is 0.222. The number of hydrogen-bond acceptors (Lipinski definition) is 5. The second-order valence-corrected chi connectivity index (χ2v) is 5.10. The lowest BCUT2D eigenvalue weighted by atomic mass is 10.1. The van der Waals surface area contributed by atoms with Crippen LogP contribution in [0, 0.1) is 5.82 Å². The SMILES string of the molecule is COC(=O)c1cc(NCCc2ccc(F)cc2)ccc1OC(C)=O. The number of methoxy groups -OCH3 is 1. The minimum absolute atomic E-state index is 0.151. The van der Waals surface area contributed by atoms with Gasteiger partial charge in [0.25, 0.3) is 0 Å². The van der Waals surface area contributed by atoms with E-state index in [1.54, 1.807) is 24.3 Å². The molecule has 2 aromatic carbocycles. The molecule has 6 heteroatoms. The lowest BCUT2D eigenvalue weighted by Crippen LogP contribution is -2.11. The van der Waals surface area contributed by atoms with Gasteiger partial charge in [0.15, 0.2) is 0 Å². The number of rotatable bonds is 6. The van der Waals surface area contributed by atoms with Crippen LogP contribution in [0.15, 0.2) is 42.5 Å². The fourth-order valence-corrected chi connectivity index (χ4v) is 2.16. The maximum absolute atomic E-state index is 12.9. The van der Waals surface area contributed by atoms with Gasteiger partial charge < -0.3 is 14.8 Å². The first-order chi connectivity index (χ1) is 11.5. The second-order valence-electron chi connectivity index (χ2n) is 5.10. The first kappa shape index (κ1) is 17.5. The Bertz CT molecular complexity index is 728. The van der Waals surface area contributed by atoms with Crippen LogP contribution in [0.4, 0.5) is 10.1 Å². The van der Waals surface area contributed by atoms with E-state index in [1.807, 2.05) is 0 Å². The summed E-state index contributed by atoms with van der Waals surface area (Å²) in [4.78, 5) is 22.9. The zero-order chi connectivity index (χ0) is 17.5. The molecule has 0 aliphatic heterocycles. The average Bonchev–Trinajstić information content (AvgIpc) is 2.56. The van der Waals surface area contributed by atoms with E-state index in [2.05, 4.69) is 5.32 Å². The van der Waals surface area contributed by atoms with Crippen molar-refractivity contribution in [1.82, 2.24) is 0 Å². The molecule has 0 radical (unpaired) electrons. The number of benzene rings is 2. The van der Waals surface area contributed by atoms with Crippen molar-refractivity contribution in [2.45, 2.75) is 13.3 Å². The summed E-state index contributed by atoms with van der Waals surface area (Å²) in [6.45, 7) is 1.86. The third kappa shape index (κ3) is 4.81. The minimum atomic E-state index is -0.589. The number of esters is 2. The molecule has 0 bridgehead atoms. The Morgan fingerprint density at radius 2 is 1.83 bits per heavy atom. The van der Waals surface area contributed by atoms with Crippen LogP contribution < -0.4 is 10.1 Å². The molecule has 2 aromatic rings. The van der Waals surface area contributed by atoms with Crippen molar-refractivity contribution in [3.63, 3.8) is 0 Å². The molecule has 0 atom stereocenters. The van der Waals surface area contributed by atoms with E-state index in [1.165, 1.54) is 32.2 Å². The number of carbonyl (C=O) groups is 2. The zero-order valence-electron chi connectivity index (χ0n) is 13.5. The van der Waals surface area contributed by atoms with E-state index in [4.69, 9.17) is 9.47 Å². The van der Waals surface area contributed by atoms with Gasteiger partial charge in [-0.2, -0.15) is 0 Å². The van der Waals surface area contributed by atoms with Crippen LogP contribution in [0.3, 0.4) is 0 Å². The van der Waals surface area contributed by atoms with Crippen LogP contribution in [-0.2, 0) is 16.0 Å². The van der Waals surface area contributed by atoms with Crippen LogP contribution in [0.2, 0.25) is 0 Å². The maximum atomic E-state index is 12.9. The standard InChI is InChI=1S/C18H18FNO4/c1-12(21)24-17-8-7-15(11-16(17)18(22)23-2)20-10-9-13-3-5-14(19)6-4-13/h3-8,11,20H,9-10H2,1-2H3. The quantitative estimate of drug-likeness (QED) is 0.650. The predicted octanol–water partition coefficient (Wildman–Crippen LogP) is 3.19. The molecule has 0 saturated carbocycles. The van der Waals surface area contributed by atoms with Gasteiger partial charge >= 0.3 is 11.9 Å². The highest BCUT2D eigenvalue weighted by molar-refractivity contribution is 5.94. The van der Waals surface area contributed by atoms with Gasteiger partial charge in [0, 0.05) is 19.2 Å². The van der Waals surface area contributed by atoms with Gasteiger partial charge in [-0.15, -0.1) is 0 Å². The van der Waals surface area contributed by atoms with Crippen molar-refractivity contribution < 1.29 is 23.5 Å². The highest BCUT2D eigenvalue weighted by Gasteiger charge is 2.15. The van der Waals surface area contributed by atoms with Crippen molar-refractivity contribution in [2.75, 3.05) is 19.0 Å². The first-order valence-electron chi connectivity index (χ1n) is 7.38. The van der Waals surface area contributed by atoms with Crippen LogP contribution in [0.5, 0.6) is 5.75 Å². The van der Waals surface area contributed by atoms with Crippen molar-refractivity contribution in [3.8, 4) is 5.75 Å². The summed E-state index contributed by atoms with van der Waals surface area (Å²) < 4.78 is 22.6. The summed E-state index contributed by atoms with van der Waals surface area (Å²) in [6, 6.07) is 11.1. The molecule has 5 nitrogen and oxygen atoms in total. The smallest absolute Gasteiger partial charge is 0.341 e. The molecule has 0 amide bonds. The van der Waals surface area contributed by atoms with E-state index in [9.17, 15) is 14.0 Å². The second kappa shape index (κ2) is 8.10. The van der Waals surface area contributed by atoms with E-state index >= 15 is 0 Å². The minimum Gasteiger partial charge on any atom is -0.465 e. The fourth-order valence-electron chi connectivity index (χ4n) is 2.16. The number of nitrogens with one attached hydrogen (secondary N) is 1. The number of ether oxygens (including phenoxy) is 2. The van der Waals surface area contributed by atoms with E-state index < -0.39 is 11.9 Å². The number of hydrogen-bond donors (Lipinski definition) is 1. The highest BCUT2D eigenvalue weighted by atomic mass is 19.1. The first-order valence-corrected chi connectivity index (χ1v) is 7.38. The molecule has 0 aliphatic carbocycles. The van der Waals surface area contributed by atoms with Crippen molar-refractivity contribution in [2.24, 2.45) is 0 Å². The molecule has 1 N–H and O–H groups in total. The lowest BCUT2D eigenvalue weighted by Gasteiger charge is -2.11. The van der Waals surface area contributed by atoms with Crippen molar-refractivity contribution in [3.05, 3.63) is 59.4 Å². The molecule has 0 heterocycles. The third-order valence-electron chi connectivity index (χ3n) is 3.29. The number of carbonyl (C=O) groups excluding carboxylic acids is 2. The van der Waals surface area contributed by atoms with Gasteiger partial charge in [-0.05, 0) is 42.3 Å². The van der Waals surface area contributed by atoms with Gasteiger partial charge in [0.1, 0.15) is 17.1 Å². The summed E-state index contributed by atoms with van der Waals surface area (Å²) in [6.07, 6.45) is 0.694. The van der Waals surface area contributed by atoms with Crippen LogP contribution in [0.25, 0.3) is 0 Å². The Labute approximate surface area is 139 Å². The normalized spacial score (nSPS) is 10.1. The van der Waals surface area contributed by atoms with E-state index in [0.717, 1.165) is 5.56 Å². The molecule has 126 valence electrons. The molecule has 24 heavy (non-hydrogen) atoms. The summed E-state index contributed by atoms with van der Waals surface area (Å²) in [5, 5.41) is 3.17. The molecule has 0 fully saturated rings. The molecule has 0 aliphatic rings. The average molecular weight is 331 g/mol. The zero-order valence-corrected chi connectivity index (χ0v) is 13.5. The maximum Gasteiger partial charge on any atom is 0.341 e. The molecule has 0 saturated heterocycles. The molecular formula is C18H18FNO4. The molecule has 0 unspecified atom stereocenters. The summed E-state index contributed by atoms with van der Waals surface area (Å²) in [5.74, 6) is -1.22. The van der Waals surface area contributed by atoms with Crippen LogP contribution >= 0.6 is 0 Å². The van der Waals surface area contributed by atoms with Crippen LogP contribution in [-0.4, -0.2) is 25.6 Å². The van der Waals surface area contributed by atoms with Crippen molar-refractivity contribution in [1.29, 1.82) is 0 Å². The Morgan fingerprint density at radius 1 is 1.12 bits per heavy atom. The van der Waals surface area contributed by atoms with Gasteiger partial charge in [0.05, 0.1) is 7.11 Å². The molecule has 0 spiro atoms. The Morgan fingerprint density at radius 3 is 2.46 bits per heavy atom. The topological polar surface area (TPSA) is 64.6 Å². The summed E-state index contributed by atoms with van der Waals surface area (Å²) in [5.41, 5.74) is 1.85. The Balaban J connectivity index is 2.05. The lowest BCUT2D eigenvalue weighted by molar-refractivity contribution is -0.131. The Kier molecular flexibility index (Phi) is 5.89. The molecule has 2 rings (SSSR count). The van der Waals surface area contributed by atoms with Gasteiger partial charge in [0.2, 0.25) is 0 Å². The monoisotopic (exact) mass is 331 g/mol. The summed E-state index contributed by atoms with van der Waals surface area (Å²) in [7, 11) is 1.26. The van der Waals surface area contributed by atoms with E-state index in [0.29, 0.717) is 18.7 Å². The van der Waals surface area contributed by atoms with Crippen molar-refractivity contribution >= 4 is 17.6 Å². The Hall–Kier alpha value is -2.89. The molecule has 0 aromatic heterocycles. The number of anilines is 1. The highest BCUT2D eigenvalue weighted by Crippen LogP contribution is 2.24. The largest absolute Gasteiger partial charge is 0.465 e. The third-order valence-corrected chi connectivity index (χ3v) is 3.29.